The molecule has 0 aromatic rings. The van der Waals surface area contributed by atoms with Gasteiger partial charge in [0.1, 0.15) is 0 Å². The van der Waals surface area contributed by atoms with E-state index in [1.54, 1.807) is 11.1 Å². The molecule has 13 heavy (non-hydrogen) atoms. The van der Waals surface area contributed by atoms with Crippen molar-refractivity contribution >= 4 is 20.0 Å². The summed E-state index contributed by atoms with van der Waals surface area (Å²) in [6.07, 6.45) is 1.50. The van der Waals surface area contributed by atoms with Gasteiger partial charge in [-0.3, -0.25) is 0 Å². The Morgan fingerprint density at radius 1 is 1.23 bits per heavy atom. The van der Waals surface area contributed by atoms with Gasteiger partial charge in [0.2, 0.25) is 20.0 Å². The highest BCUT2D eigenvalue weighted by Gasteiger charge is 2.17. The Kier molecular flexibility index (Phi) is 4.58. The molecule has 0 aromatic heterocycles. The van der Waals surface area contributed by atoms with Gasteiger partial charge in [0.05, 0.1) is 11.5 Å². The molecular formula is C6H13NO4S2. The van der Waals surface area contributed by atoms with Gasteiger partial charge in [0.15, 0.2) is 0 Å². The highest BCUT2D eigenvalue weighted by Crippen LogP contribution is 1.93. The van der Waals surface area contributed by atoms with E-state index in [1.807, 2.05) is 0 Å². The van der Waals surface area contributed by atoms with E-state index in [-0.39, 0.29) is 5.75 Å². The average molecular weight is 227 g/mol. The summed E-state index contributed by atoms with van der Waals surface area (Å²) in [4.78, 5) is 0. The summed E-state index contributed by atoms with van der Waals surface area (Å²) in [5, 5.41) is 0. The summed E-state index contributed by atoms with van der Waals surface area (Å²) >= 11 is 0. The van der Waals surface area contributed by atoms with Crippen LogP contribution in [0.1, 0.15) is 13.3 Å². The van der Waals surface area contributed by atoms with Crippen molar-refractivity contribution < 1.29 is 16.8 Å². The summed E-state index contributed by atoms with van der Waals surface area (Å²) < 4.78 is 45.5. The van der Waals surface area contributed by atoms with Crippen molar-refractivity contribution in [2.45, 2.75) is 13.3 Å². The number of rotatable bonds is 6. The van der Waals surface area contributed by atoms with Crippen molar-refractivity contribution in [1.29, 1.82) is 0 Å². The van der Waals surface area contributed by atoms with Crippen LogP contribution in [0.3, 0.4) is 0 Å². The van der Waals surface area contributed by atoms with Gasteiger partial charge in [0.25, 0.3) is 0 Å². The number of hydrogen-bond acceptors (Lipinski definition) is 4. The first-order valence-electron chi connectivity index (χ1n) is 3.68. The van der Waals surface area contributed by atoms with E-state index in [0.717, 1.165) is 6.08 Å². The van der Waals surface area contributed by atoms with Crippen LogP contribution < -0.4 is 4.13 Å². The molecular weight excluding hydrogens is 214 g/mol. The van der Waals surface area contributed by atoms with Crippen LogP contribution in [-0.4, -0.2) is 28.3 Å². The minimum absolute atomic E-state index is 0.191. The topological polar surface area (TPSA) is 80.3 Å². The molecule has 5 nitrogen and oxygen atoms in total. The van der Waals surface area contributed by atoms with Crippen LogP contribution in [0.15, 0.2) is 12.7 Å². The average Bonchev–Trinajstić information content (AvgIpc) is 1.82. The second-order valence-corrected chi connectivity index (χ2v) is 6.34. The van der Waals surface area contributed by atoms with Crippen LogP contribution >= 0.6 is 0 Å². The van der Waals surface area contributed by atoms with E-state index in [1.165, 1.54) is 0 Å². The molecule has 0 saturated heterocycles. The normalized spacial score (nSPS) is 12.7. The predicted octanol–water partition coefficient (Wildman–Crippen LogP) is -0.168. The third-order valence-electron chi connectivity index (χ3n) is 1.06. The standard InChI is InChI=1S/C6H13NO4S2/c1-3-5-12(8,9)7-13(10,11)6-4-2/h3,7H,1,4-6H2,2H3. The van der Waals surface area contributed by atoms with Crippen LogP contribution in [0.5, 0.6) is 0 Å². The number of sulfonamides is 2. The lowest BCUT2D eigenvalue weighted by molar-refractivity contribution is 0.578. The molecule has 0 atom stereocenters. The predicted molar refractivity (Wildman–Crippen MR) is 51.2 cm³/mol. The van der Waals surface area contributed by atoms with Gasteiger partial charge in [-0.25, -0.2) is 16.8 Å². The Bertz CT molecular complexity index is 354. The second kappa shape index (κ2) is 4.73. The second-order valence-electron chi connectivity index (χ2n) is 2.47. The quantitative estimate of drug-likeness (QED) is 0.639. The zero-order valence-electron chi connectivity index (χ0n) is 7.36. The molecule has 78 valence electrons. The first kappa shape index (κ1) is 12.6. The molecule has 0 heterocycles. The molecule has 0 aliphatic rings. The molecule has 0 aromatic carbocycles. The van der Waals surface area contributed by atoms with Crippen molar-refractivity contribution in [3.05, 3.63) is 12.7 Å². The Balaban J connectivity index is 4.53. The summed E-state index contributed by atoms with van der Waals surface area (Å²) in [5.74, 6) is -0.584. The van der Waals surface area contributed by atoms with Crippen molar-refractivity contribution in [1.82, 2.24) is 4.13 Å². The van der Waals surface area contributed by atoms with Crippen molar-refractivity contribution in [3.63, 3.8) is 0 Å². The maximum atomic E-state index is 11.0. The van der Waals surface area contributed by atoms with Crippen LogP contribution in [-0.2, 0) is 20.0 Å². The molecule has 0 saturated carbocycles. The summed E-state index contributed by atoms with van der Waals surface area (Å²) in [5.41, 5.74) is 0. The molecule has 0 radical (unpaired) electrons. The van der Waals surface area contributed by atoms with Crippen LogP contribution in [0, 0.1) is 0 Å². The van der Waals surface area contributed by atoms with E-state index in [9.17, 15) is 16.8 Å². The van der Waals surface area contributed by atoms with Gasteiger partial charge in [-0.15, -0.1) is 10.7 Å². The van der Waals surface area contributed by atoms with Crippen molar-refractivity contribution in [2.75, 3.05) is 11.5 Å². The fraction of sp³-hybridized carbons (Fsp3) is 0.667. The minimum Gasteiger partial charge on any atom is -0.211 e. The van der Waals surface area contributed by atoms with E-state index < -0.39 is 25.8 Å². The van der Waals surface area contributed by atoms with E-state index >= 15 is 0 Å². The van der Waals surface area contributed by atoms with Crippen LogP contribution in [0.25, 0.3) is 0 Å². The summed E-state index contributed by atoms with van der Waals surface area (Å²) in [6, 6.07) is 0. The molecule has 0 aliphatic heterocycles. The van der Waals surface area contributed by atoms with E-state index in [2.05, 4.69) is 6.58 Å². The third-order valence-corrected chi connectivity index (χ3v) is 4.72. The molecule has 0 unspecified atom stereocenters. The molecule has 0 bridgehead atoms. The smallest absolute Gasteiger partial charge is 0.211 e. The SMILES string of the molecule is C=CCS(=O)(=O)NS(=O)(=O)CCC. The molecule has 0 spiro atoms. The lowest BCUT2D eigenvalue weighted by Crippen LogP contribution is -2.33. The van der Waals surface area contributed by atoms with Crippen molar-refractivity contribution in [3.8, 4) is 0 Å². The Labute approximate surface area is 78.9 Å². The van der Waals surface area contributed by atoms with Gasteiger partial charge >= 0.3 is 0 Å². The largest absolute Gasteiger partial charge is 0.228 e. The lowest BCUT2D eigenvalue weighted by atomic mass is 10.6. The molecule has 0 fully saturated rings. The highest BCUT2D eigenvalue weighted by atomic mass is 32.3. The Morgan fingerprint density at radius 3 is 2.15 bits per heavy atom. The minimum atomic E-state index is -3.77. The highest BCUT2D eigenvalue weighted by molar-refractivity contribution is 8.04. The maximum Gasteiger partial charge on any atom is 0.228 e. The van der Waals surface area contributed by atoms with Crippen LogP contribution in [0.4, 0.5) is 0 Å². The Morgan fingerprint density at radius 2 is 1.77 bits per heavy atom. The van der Waals surface area contributed by atoms with Gasteiger partial charge < -0.3 is 0 Å². The van der Waals surface area contributed by atoms with Gasteiger partial charge in [-0.05, 0) is 6.42 Å². The molecule has 0 aliphatic carbocycles. The maximum absolute atomic E-state index is 11.0. The zero-order valence-corrected chi connectivity index (χ0v) is 8.99. The first-order chi connectivity index (χ1) is 5.83. The molecule has 0 rings (SSSR count). The van der Waals surface area contributed by atoms with Crippen molar-refractivity contribution in [2.24, 2.45) is 0 Å². The van der Waals surface area contributed by atoms with Gasteiger partial charge in [-0.1, -0.05) is 13.0 Å². The molecule has 1 N–H and O–H groups in total. The third kappa shape index (κ3) is 5.78. The molecule has 7 heteroatoms. The van der Waals surface area contributed by atoms with Crippen LogP contribution in [0.2, 0.25) is 0 Å². The fourth-order valence-corrected chi connectivity index (χ4v) is 3.69. The lowest BCUT2D eigenvalue weighted by Gasteiger charge is -2.03. The monoisotopic (exact) mass is 227 g/mol. The van der Waals surface area contributed by atoms with Gasteiger partial charge in [-0.2, -0.15) is 0 Å². The van der Waals surface area contributed by atoms with E-state index in [0.29, 0.717) is 6.42 Å². The summed E-state index contributed by atoms with van der Waals surface area (Å²) in [6.45, 7) is 4.86. The summed E-state index contributed by atoms with van der Waals surface area (Å²) in [7, 11) is -7.46. The van der Waals surface area contributed by atoms with Gasteiger partial charge in [0, 0.05) is 0 Å². The first-order valence-corrected chi connectivity index (χ1v) is 6.98. The Hall–Kier alpha value is -0.400. The zero-order chi connectivity index (χ0) is 10.5. The fourth-order valence-electron chi connectivity index (χ4n) is 0.693. The molecule has 0 amide bonds. The number of hydrogen-bond donors (Lipinski definition) is 1. The number of nitrogens with one attached hydrogen (secondary N) is 1. The van der Waals surface area contributed by atoms with E-state index in [4.69, 9.17) is 0 Å².